The molecule has 0 aromatic heterocycles. The molecular weight excluding hydrogens is 743 g/mol. The molecule has 0 atom stereocenters. The van der Waals surface area contributed by atoms with E-state index in [-0.39, 0.29) is 21.8 Å². The van der Waals surface area contributed by atoms with Crippen molar-refractivity contribution < 1.29 is 20.8 Å². The van der Waals surface area contributed by atoms with Gasteiger partial charge in [-0.15, -0.1) is 69.1 Å². The van der Waals surface area contributed by atoms with E-state index < -0.39 is 20.8 Å². The fraction of sp³-hybridized carbons (Fsp3) is 0.348. The van der Waals surface area contributed by atoms with Crippen LogP contribution < -0.4 is 0 Å². The van der Waals surface area contributed by atoms with Crippen LogP contribution in [0.15, 0.2) is 109 Å². The standard InChI is InChI=1S/2C20H21.C6H12.2ClH.Si.Zr/c2*1-14-12-16-6-5-7-18(19(16)13-14)15-8-10-17(11-9-15)20(2,3)4;1-2-4-6-5-3-1;;;;/h2*5-13H,1-4H3;1-6H2;2*1H;;/q2*-1;;;;;+4/p-2. The van der Waals surface area contributed by atoms with E-state index in [4.69, 9.17) is 17.0 Å². The summed E-state index contributed by atoms with van der Waals surface area (Å²) in [6.07, 6.45) is 9.00. The molecule has 0 amide bonds. The molecule has 0 N–H and O–H groups in total. The van der Waals surface area contributed by atoms with E-state index in [1.807, 2.05) is 0 Å². The fourth-order valence-electron chi connectivity index (χ4n) is 6.63. The number of halogens is 2. The third-order valence-electron chi connectivity index (χ3n) is 9.41. The first-order valence-electron chi connectivity index (χ1n) is 17.8. The first-order valence-corrected chi connectivity index (χ1v) is 24.1. The Labute approximate surface area is 326 Å². The van der Waals surface area contributed by atoms with Crippen molar-refractivity contribution in [3.05, 3.63) is 131 Å². The molecule has 0 spiro atoms. The van der Waals surface area contributed by atoms with E-state index in [1.165, 1.54) is 105 Å². The topological polar surface area (TPSA) is 0 Å². The van der Waals surface area contributed by atoms with Gasteiger partial charge in [0.15, 0.2) is 0 Å². The third-order valence-corrected chi connectivity index (χ3v) is 9.41. The van der Waals surface area contributed by atoms with Crippen molar-refractivity contribution >= 4 is 49.5 Å². The number of fused-ring (bicyclic) bond motifs is 2. The molecule has 1 fully saturated rings. The molecule has 0 bridgehead atoms. The Kier molecular flexibility index (Phi) is 16.5. The van der Waals surface area contributed by atoms with Crippen molar-refractivity contribution in [2.45, 2.75) is 105 Å². The minimum absolute atomic E-state index is 0. The zero-order chi connectivity index (χ0) is 35.6. The average Bonchev–Trinajstić information content (AvgIpc) is 3.66. The Bertz CT molecular complexity index is 1730. The maximum atomic E-state index is 4.93. The predicted molar refractivity (Wildman–Crippen MR) is 222 cm³/mol. The molecule has 1 aliphatic carbocycles. The summed E-state index contributed by atoms with van der Waals surface area (Å²) in [4.78, 5) is 0. The monoisotopic (exact) mass is 794 g/mol. The Morgan fingerprint density at radius 2 is 0.800 bits per heavy atom. The normalized spacial score (nSPS) is 12.7. The zero-order valence-electron chi connectivity index (χ0n) is 31.4. The van der Waals surface area contributed by atoms with Gasteiger partial charge in [-0.05, 0) is 33.1 Å². The summed E-state index contributed by atoms with van der Waals surface area (Å²) in [7, 11) is 9.87. The number of hydrogen-bond donors (Lipinski definition) is 0. The first-order chi connectivity index (χ1) is 23.3. The van der Waals surface area contributed by atoms with E-state index in [0.717, 1.165) is 0 Å². The van der Waals surface area contributed by atoms with Gasteiger partial charge < -0.3 is 0 Å². The molecule has 0 unspecified atom stereocenters. The van der Waals surface area contributed by atoms with Gasteiger partial charge in [0.25, 0.3) is 0 Å². The van der Waals surface area contributed by atoms with Crippen LogP contribution in [0, 0.1) is 13.8 Å². The summed E-state index contributed by atoms with van der Waals surface area (Å²) >= 11 is -0.826. The van der Waals surface area contributed by atoms with Crippen LogP contribution in [0.1, 0.15) is 102 Å². The number of rotatable bonds is 2. The minimum Gasteiger partial charge on any atom is 0 e. The number of benzene rings is 4. The van der Waals surface area contributed by atoms with Gasteiger partial charge in [-0.3, -0.25) is 0 Å². The molecule has 4 heteroatoms. The van der Waals surface area contributed by atoms with Gasteiger partial charge in [-0.1, -0.05) is 166 Å². The quantitative estimate of drug-likeness (QED) is 0.121. The Morgan fingerprint density at radius 3 is 1.08 bits per heavy atom. The Balaban J connectivity index is 0.000000214. The van der Waals surface area contributed by atoms with Gasteiger partial charge in [-0.2, -0.15) is 12.1 Å². The molecule has 50 heavy (non-hydrogen) atoms. The van der Waals surface area contributed by atoms with Crippen molar-refractivity contribution in [2.75, 3.05) is 0 Å². The minimum atomic E-state index is -0.826. The van der Waals surface area contributed by atoms with Gasteiger partial charge in [0, 0.05) is 11.0 Å². The van der Waals surface area contributed by atoms with Crippen molar-refractivity contribution in [1.82, 2.24) is 0 Å². The van der Waals surface area contributed by atoms with Crippen LogP contribution in [-0.4, -0.2) is 11.0 Å². The van der Waals surface area contributed by atoms with E-state index in [1.54, 1.807) is 0 Å². The maximum Gasteiger partial charge on any atom is 0 e. The molecule has 0 saturated heterocycles. The Hall–Kier alpha value is -2.22. The average molecular weight is 797 g/mol. The van der Waals surface area contributed by atoms with E-state index in [9.17, 15) is 0 Å². The van der Waals surface area contributed by atoms with Gasteiger partial charge >= 0.3 is 37.9 Å². The molecule has 260 valence electrons. The molecule has 0 nitrogen and oxygen atoms in total. The van der Waals surface area contributed by atoms with Gasteiger partial charge in [0.2, 0.25) is 0 Å². The molecule has 4 radical (unpaired) electrons. The van der Waals surface area contributed by atoms with Crippen LogP contribution in [-0.2, 0) is 31.7 Å². The zero-order valence-corrected chi connectivity index (χ0v) is 36.4. The van der Waals surface area contributed by atoms with Gasteiger partial charge in [0.05, 0.1) is 0 Å². The molecule has 0 heterocycles. The summed E-state index contributed by atoms with van der Waals surface area (Å²) in [5, 5.41) is 5.38. The summed E-state index contributed by atoms with van der Waals surface area (Å²) in [5.41, 5.74) is 11.1. The fourth-order valence-corrected chi connectivity index (χ4v) is 6.63. The summed E-state index contributed by atoms with van der Waals surface area (Å²) in [6.45, 7) is 17.8. The predicted octanol–water partition coefficient (Wildman–Crippen LogP) is 15.0. The van der Waals surface area contributed by atoms with Crippen molar-refractivity contribution in [2.24, 2.45) is 0 Å². The van der Waals surface area contributed by atoms with Gasteiger partial charge in [-0.25, -0.2) is 0 Å². The van der Waals surface area contributed by atoms with Crippen LogP contribution in [0.4, 0.5) is 0 Å². The van der Waals surface area contributed by atoms with Crippen molar-refractivity contribution in [3.8, 4) is 22.3 Å². The van der Waals surface area contributed by atoms with Crippen molar-refractivity contribution in [3.63, 3.8) is 0 Å². The van der Waals surface area contributed by atoms with Crippen LogP contribution in [0.25, 0.3) is 43.8 Å². The second kappa shape index (κ2) is 19.6. The number of aryl methyl sites for hydroxylation is 2. The van der Waals surface area contributed by atoms with E-state index in [0.29, 0.717) is 0 Å². The van der Waals surface area contributed by atoms with Crippen LogP contribution >= 0.6 is 17.0 Å². The smallest absolute Gasteiger partial charge is 0 e. The largest absolute Gasteiger partial charge is 0 e. The SMILES string of the molecule is C1CCCCC1.Cc1cc2c(-c3ccc(C(C)(C)C)cc3)cccc2[cH-]1.Cc1cc2c(-c3ccc(C(C)(C)C)cc3)cccc2[cH-]1.[Cl][Zr+2][Cl].[Si]. The van der Waals surface area contributed by atoms with E-state index >= 15 is 0 Å². The second-order valence-electron chi connectivity index (χ2n) is 15.5. The second-order valence-corrected chi connectivity index (χ2v) is 19.3. The van der Waals surface area contributed by atoms with Crippen LogP contribution in [0.5, 0.6) is 0 Å². The van der Waals surface area contributed by atoms with Crippen LogP contribution in [0.3, 0.4) is 0 Å². The van der Waals surface area contributed by atoms with Gasteiger partial charge in [0.1, 0.15) is 0 Å². The molecule has 1 aliphatic rings. The molecule has 0 aliphatic heterocycles. The van der Waals surface area contributed by atoms with Crippen LogP contribution in [0.2, 0.25) is 0 Å². The molecule has 1 saturated carbocycles. The molecule has 6 aromatic carbocycles. The molecule has 7 rings (SSSR count). The van der Waals surface area contributed by atoms with Crippen molar-refractivity contribution in [1.29, 1.82) is 0 Å². The Morgan fingerprint density at radius 1 is 0.500 bits per heavy atom. The summed E-state index contributed by atoms with van der Waals surface area (Å²) in [6, 6.07) is 40.2. The number of hydrogen-bond acceptors (Lipinski definition) is 0. The third kappa shape index (κ3) is 11.9. The first kappa shape index (κ1) is 42.2. The molecule has 6 aromatic rings. The summed E-state index contributed by atoms with van der Waals surface area (Å²) in [5.74, 6) is 0. The van der Waals surface area contributed by atoms with E-state index in [2.05, 4.69) is 165 Å². The molecular formula is C46H54Cl2SiZr. The summed E-state index contributed by atoms with van der Waals surface area (Å²) < 4.78 is 0. The maximum absolute atomic E-state index is 4.93.